The summed E-state index contributed by atoms with van der Waals surface area (Å²) in [6.45, 7) is 6.73. The first-order valence-electron chi connectivity index (χ1n) is 14.3. The van der Waals surface area contributed by atoms with E-state index in [1.165, 1.54) is 23.3 Å². The molecule has 0 radical (unpaired) electrons. The van der Waals surface area contributed by atoms with Gasteiger partial charge < -0.3 is 25.0 Å². The van der Waals surface area contributed by atoms with Crippen molar-refractivity contribution in [3.8, 4) is 21.4 Å². The Hall–Kier alpha value is -4.30. The van der Waals surface area contributed by atoms with Gasteiger partial charge in [0.05, 0.1) is 31.1 Å². The van der Waals surface area contributed by atoms with Gasteiger partial charge in [-0.25, -0.2) is 14.6 Å². The first-order valence-corrected chi connectivity index (χ1v) is 16.1. The van der Waals surface area contributed by atoms with Crippen molar-refractivity contribution in [2.75, 3.05) is 33.4 Å². The maximum absolute atomic E-state index is 13.7. The van der Waals surface area contributed by atoms with Crippen LogP contribution < -0.4 is 20.1 Å². The van der Waals surface area contributed by atoms with Crippen molar-refractivity contribution >= 4 is 40.4 Å². The highest BCUT2D eigenvalue weighted by atomic mass is 32.1. The van der Waals surface area contributed by atoms with Gasteiger partial charge in [-0.2, -0.15) is 5.10 Å². The van der Waals surface area contributed by atoms with Crippen LogP contribution in [-0.4, -0.2) is 75.7 Å². The van der Waals surface area contributed by atoms with Crippen LogP contribution in [0.4, 0.5) is 0 Å². The van der Waals surface area contributed by atoms with E-state index in [9.17, 15) is 14.4 Å². The Morgan fingerprint density at radius 2 is 2.00 bits per heavy atom. The number of ether oxygens (including phenoxy) is 2. The molecule has 0 saturated carbocycles. The number of thiophene rings is 1. The molecule has 0 saturated heterocycles. The van der Waals surface area contributed by atoms with Crippen LogP contribution in [0.25, 0.3) is 9.88 Å². The normalized spacial score (nSPS) is 16.8. The Morgan fingerprint density at radius 3 is 2.75 bits per heavy atom. The molecule has 44 heavy (non-hydrogen) atoms. The third kappa shape index (κ3) is 7.25. The number of rotatable bonds is 4. The number of fused-ring (bicyclic) bond motifs is 13. The van der Waals surface area contributed by atoms with Crippen LogP contribution >= 0.6 is 22.7 Å². The zero-order valence-electron chi connectivity index (χ0n) is 25.0. The van der Waals surface area contributed by atoms with Crippen molar-refractivity contribution in [2.24, 2.45) is 5.92 Å². The van der Waals surface area contributed by atoms with Crippen LogP contribution in [0.15, 0.2) is 41.1 Å². The molecule has 6 rings (SSSR count). The molecule has 3 amide bonds. The topological polar surface area (TPSA) is 141 Å². The Kier molecular flexibility index (Phi) is 9.90. The second-order valence-electron chi connectivity index (χ2n) is 10.6. The van der Waals surface area contributed by atoms with E-state index in [0.29, 0.717) is 48.2 Å². The van der Waals surface area contributed by atoms with Gasteiger partial charge in [-0.1, -0.05) is 19.9 Å². The molecule has 4 aromatic rings. The summed E-state index contributed by atoms with van der Waals surface area (Å²) in [5, 5.41) is 14.9. The second-order valence-corrected chi connectivity index (χ2v) is 12.4. The van der Waals surface area contributed by atoms with Crippen molar-refractivity contribution < 1.29 is 23.9 Å². The number of hydrogen-bond acceptors (Lipinski definition) is 10. The lowest BCUT2D eigenvalue weighted by Crippen LogP contribution is -2.44. The van der Waals surface area contributed by atoms with E-state index >= 15 is 0 Å². The van der Waals surface area contributed by atoms with Gasteiger partial charge >= 0.3 is 0 Å². The Labute approximate surface area is 263 Å². The zero-order valence-corrected chi connectivity index (χ0v) is 26.7. The summed E-state index contributed by atoms with van der Waals surface area (Å²) in [5.74, 6) is 1.10. The summed E-state index contributed by atoms with van der Waals surface area (Å²) >= 11 is 2.93. The number of aromatic nitrogens is 4. The Bertz CT molecular complexity index is 1620. The molecular weight excluding hydrogens is 603 g/mol. The lowest BCUT2D eigenvalue weighted by atomic mass is 10.0. The number of amides is 3. The van der Waals surface area contributed by atoms with Gasteiger partial charge in [-0.05, 0) is 48.9 Å². The van der Waals surface area contributed by atoms with Crippen molar-refractivity contribution in [3.05, 3.63) is 64.0 Å². The monoisotopic (exact) mass is 637 g/mol. The van der Waals surface area contributed by atoms with E-state index in [1.807, 2.05) is 31.4 Å². The van der Waals surface area contributed by atoms with E-state index in [0.717, 1.165) is 9.88 Å². The van der Waals surface area contributed by atoms with Crippen LogP contribution in [-0.2, 0) is 11.3 Å². The minimum absolute atomic E-state index is 0.0183. The highest BCUT2D eigenvalue weighted by molar-refractivity contribution is 7.20. The molecule has 0 fully saturated rings. The summed E-state index contributed by atoms with van der Waals surface area (Å²) in [7, 11) is 1.52. The number of nitrogens with zero attached hydrogens (tertiary/aromatic N) is 5. The molecule has 0 aliphatic carbocycles. The van der Waals surface area contributed by atoms with Gasteiger partial charge in [0.15, 0.2) is 11.5 Å². The summed E-state index contributed by atoms with van der Waals surface area (Å²) in [4.78, 5) is 51.7. The van der Waals surface area contributed by atoms with Gasteiger partial charge in [0.25, 0.3) is 11.8 Å². The van der Waals surface area contributed by atoms with Gasteiger partial charge in [0, 0.05) is 24.0 Å². The lowest BCUT2D eigenvalue weighted by Gasteiger charge is -2.25. The number of hydrogen-bond donors (Lipinski definition) is 2. The molecule has 0 unspecified atom stereocenters. The van der Waals surface area contributed by atoms with Gasteiger partial charge in [-0.3, -0.25) is 14.4 Å². The predicted molar refractivity (Wildman–Crippen MR) is 167 cm³/mol. The predicted octanol–water partition coefficient (Wildman–Crippen LogP) is 3.95. The molecule has 2 aliphatic heterocycles. The molecule has 0 spiro atoms. The highest BCUT2D eigenvalue weighted by Crippen LogP contribution is 2.29. The van der Waals surface area contributed by atoms with Gasteiger partial charge in [0.2, 0.25) is 5.91 Å². The maximum atomic E-state index is 13.7. The van der Waals surface area contributed by atoms with Crippen LogP contribution in [0.1, 0.15) is 58.8 Å². The fraction of sp³-hybridized carbons (Fsp3) is 0.400. The van der Waals surface area contributed by atoms with Crippen LogP contribution in [0.5, 0.6) is 11.5 Å². The summed E-state index contributed by atoms with van der Waals surface area (Å²) in [6.07, 6.45) is 0.423. The summed E-state index contributed by atoms with van der Waals surface area (Å²) in [5.41, 5.74) is 0.688. The van der Waals surface area contributed by atoms with Gasteiger partial charge in [0.1, 0.15) is 29.0 Å². The lowest BCUT2D eigenvalue weighted by molar-refractivity contribution is -0.123. The number of nitrogens with one attached hydrogen (secondary N) is 2. The number of aryl methyl sites for hydroxylation is 1. The average molecular weight is 638 g/mol. The second kappa shape index (κ2) is 14.0. The number of thiazole rings is 1. The number of carbonyl (C=O) groups is 3. The quantitative estimate of drug-likeness (QED) is 0.343. The van der Waals surface area contributed by atoms with E-state index in [4.69, 9.17) is 9.47 Å². The zero-order chi connectivity index (χ0) is 31.2. The molecule has 12 nitrogen and oxygen atoms in total. The molecular formula is C30H35N7O5S2. The molecule has 232 valence electrons. The minimum atomic E-state index is -0.458. The summed E-state index contributed by atoms with van der Waals surface area (Å²) < 4.78 is 13.2. The number of methoxy groups -OCH3 is 1. The number of benzene rings is 1. The molecule has 1 atom stereocenters. The van der Waals surface area contributed by atoms with E-state index < -0.39 is 6.04 Å². The fourth-order valence-electron chi connectivity index (χ4n) is 4.83. The first-order chi connectivity index (χ1) is 21.2. The highest BCUT2D eigenvalue weighted by Gasteiger charge is 2.28. The van der Waals surface area contributed by atoms with Crippen LogP contribution in [0.3, 0.4) is 0 Å². The van der Waals surface area contributed by atoms with Crippen molar-refractivity contribution in [3.63, 3.8) is 0 Å². The van der Waals surface area contributed by atoms with Crippen molar-refractivity contribution in [1.82, 2.24) is 35.3 Å². The van der Waals surface area contributed by atoms with Crippen LogP contribution in [0.2, 0.25) is 0 Å². The smallest absolute Gasteiger partial charge is 0.273 e. The van der Waals surface area contributed by atoms with Crippen molar-refractivity contribution in [2.45, 2.75) is 39.8 Å². The molecule has 5 heterocycles. The fourth-order valence-corrected chi connectivity index (χ4v) is 6.44. The first kappa shape index (κ1) is 31.1. The average Bonchev–Trinajstić information content (AvgIpc) is 3.78. The molecule has 1 aromatic carbocycles. The molecule has 2 N–H and O–H groups in total. The summed E-state index contributed by atoms with van der Waals surface area (Å²) in [6, 6.07) is 8.43. The third-order valence-electron chi connectivity index (χ3n) is 7.02. The number of carbonyl (C=O) groups excluding carboxylic acids is 3. The largest absolute Gasteiger partial charge is 0.493 e. The Morgan fingerprint density at radius 1 is 1.16 bits per heavy atom. The minimum Gasteiger partial charge on any atom is -0.493 e. The molecule has 3 aromatic heterocycles. The van der Waals surface area contributed by atoms with Crippen molar-refractivity contribution in [1.29, 1.82) is 0 Å². The van der Waals surface area contributed by atoms with Crippen LogP contribution in [0, 0.1) is 12.8 Å². The third-order valence-corrected chi connectivity index (χ3v) is 8.90. The van der Waals surface area contributed by atoms with Gasteiger partial charge in [-0.15, -0.1) is 22.7 Å². The standard InChI is InChI=1S/C30H35N7O5S2/c1-18(2)26-27-32-19(3)35-37(27)12-13-42-22-9-8-20(15-23(22)41-4)28(39)31-10-6-11-36(16-25(38)34-26)30(40)21-17-44-29(33-21)24-7-5-14-43-24/h5,7-9,14-15,17-18,26H,6,10-13,16H2,1-4H3,(H,31,39)(H,34,38)/t26-/m0/s1. The molecule has 2 aliphatic rings. The van der Waals surface area contributed by atoms with E-state index in [2.05, 4.69) is 25.7 Å². The molecule has 14 heteroatoms. The molecule has 2 bridgehead atoms. The SMILES string of the molecule is COc1cc2ccc1OCCn1nc(C)nc1[C@H](C(C)C)NC(=O)CN(C(=O)c1csc(-c3cccs3)n1)CCCNC2=O. The maximum Gasteiger partial charge on any atom is 0.273 e. The van der Waals surface area contributed by atoms with E-state index in [-0.39, 0.29) is 49.0 Å². The Balaban J connectivity index is 1.43. The van der Waals surface area contributed by atoms with E-state index in [1.54, 1.807) is 46.5 Å².